The van der Waals surface area contributed by atoms with Crippen molar-refractivity contribution in [2.75, 3.05) is 11.9 Å². The highest BCUT2D eigenvalue weighted by Crippen LogP contribution is 2.15. The molecule has 7 heteroatoms. The van der Waals surface area contributed by atoms with E-state index in [9.17, 15) is 4.79 Å². The Balaban J connectivity index is 1.92. The molecule has 1 aromatic carbocycles. The molecule has 21 heavy (non-hydrogen) atoms. The highest BCUT2D eigenvalue weighted by Gasteiger charge is 2.17. The van der Waals surface area contributed by atoms with Gasteiger partial charge in [-0.25, -0.2) is 5.10 Å². The van der Waals surface area contributed by atoms with Crippen LogP contribution < -0.4 is 14.8 Å². The van der Waals surface area contributed by atoms with Crippen molar-refractivity contribution in [2.45, 2.75) is 26.9 Å². The first-order chi connectivity index (χ1) is 10.1. The highest BCUT2D eigenvalue weighted by molar-refractivity contribution is 5.92. The molecule has 1 aromatic heterocycles. The summed E-state index contributed by atoms with van der Waals surface area (Å²) in [6.45, 7) is 5.91. The summed E-state index contributed by atoms with van der Waals surface area (Å²) in [4.78, 5) is 16.0. The molecule has 0 bridgehead atoms. The molecule has 0 saturated carbocycles. The molecule has 0 saturated heterocycles. The first kappa shape index (κ1) is 14.8. The van der Waals surface area contributed by atoms with Gasteiger partial charge in [0.15, 0.2) is 6.10 Å². The first-order valence-electron chi connectivity index (χ1n) is 6.68. The fourth-order valence-corrected chi connectivity index (χ4v) is 1.66. The van der Waals surface area contributed by atoms with Crippen LogP contribution in [0.2, 0.25) is 0 Å². The number of aromatic amines is 1. The van der Waals surface area contributed by atoms with E-state index in [1.807, 2.05) is 32.0 Å². The molecule has 1 amide bonds. The summed E-state index contributed by atoms with van der Waals surface area (Å²) >= 11 is 0. The SMILES string of the molecule is CCOc1n[nH]c(NC(=O)C(C)Oc2cccc(C)c2)n1. The lowest BCUT2D eigenvalue weighted by Crippen LogP contribution is -2.30. The monoisotopic (exact) mass is 290 g/mol. The summed E-state index contributed by atoms with van der Waals surface area (Å²) in [5, 5.41) is 8.96. The number of aromatic nitrogens is 3. The number of anilines is 1. The van der Waals surface area contributed by atoms with Gasteiger partial charge < -0.3 is 9.47 Å². The molecule has 2 rings (SSSR count). The Morgan fingerprint density at radius 1 is 1.48 bits per heavy atom. The summed E-state index contributed by atoms with van der Waals surface area (Å²) < 4.78 is 10.7. The third-order valence-corrected chi connectivity index (χ3v) is 2.65. The molecule has 1 unspecified atom stereocenters. The van der Waals surface area contributed by atoms with Gasteiger partial charge in [0, 0.05) is 0 Å². The second kappa shape index (κ2) is 6.74. The Kier molecular flexibility index (Phi) is 4.76. The largest absolute Gasteiger partial charge is 0.481 e. The third kappa shape index (κ3) is 4.20. The Bertz CT molecular complexity index is 612. The van der Waals surface area contributed by atoms with Crippen LogP contribution in [0.1, 0.15) is 19.4 Å². The molecule has 1 heterocycles. The summed E-state index contributed by atoms with van der Waals surface area (Å²) in [6.07, 6.45) is -0.660. The number of aryl methyl sites for hydroxylation is 1. The van der Waals surface area contributed by atoms with Gasteiger partial charge in [0.25, 0.3) is 5.91 Å². The van der Waals surface area contributed by atoms with Crippen molar-refractivity contribution < 1.29 is 14.3 Å². The van der Waals surface area contributed by atoms with Gasteiger partial charge in [0.05, 0.1) is 6.61 Å². The maximum Gasteiger partial charge on any atom is 0.337 e. The average molecular weight is 290 g/mol. The number of nitrogens with zero attached hydrogens (tertiary/aromatic N) is 2. The minimum Gasteiger partial charge on any atom is -0.481 e. The van der Waals surface area contributed by atoms with E-state index in [1.165, 1.54) is 0 Å². The summed E-state index contributed by atoms with van der Waals surface area (Å²) in [7, 11) is 0. The number of carbonyl (C=O) groups excluding carboxylic acids is 1. The number of amides is 1. The fourth-order valence-electron chi connectivity index (χ4n) is 1.66. The normalized spacial score (nSPS) is 11.8. The van der Waals surface area contributed by atoms with Crippen LogP contribution >= 0.6 is 0 Å². The lowest BCUT2D eigenvalue weighted by molar-refractivity contribution is -0.122. The quantitative estimate of drug-likeness (QED) is 0.848. The molecule has 0 fully saturated rings. The van der Waals surface area contributed by atoms with E-state index in [2.05, 4.69) is 20.5 Å². The lowest BCUT2D eigenvalue weighted by Gasteiger charge is -2.13. The predicted molar refractivity (Wildman–Crippen MR) is 77.5 cm³/mol. The van der Waals surface area contributed by atoms with Crippen molar-refractivity contribution in [3.05, 3.63) is 29.8 Å². The summed E-state index contributed by atoms with van der Waals surface area (Å²) in [5.74, 6) is 0.545. The van der Waals surface area contributed by atoms with Crippen LogP contribution in [-0.4, -0.2) is 33.8 Å². The van der Waals surface area contributed by atoms with E-state index in [0.29, 0.717) is 12.4 Å². The van der Waals surface area contributed by atoms with E-state index in [0.717, 1.165) is 5.56 Å². The molecule has 0 radical (unpaired) electrons. The molecule has 0 aliphatic rings. The van der Waals surface area contributed by atoms with Crippen LogP contribution in [-0.2, 0) is 4.79 Å². The number of rotatable bonds is 6. The molecular formula is C14H18N4O3. The van der Waals surface area contributed by atoms with Crippen molar-refractivity contribution >= 4 is 11.9 Å². The summed E-state index contributed by atoms with van der Waals surface area (Å²) in [6, 6.07) is 7.70. The van der Waals surface area contributed by atoms with Crippen LogP contribution in [0.5, 0.6) is 11.8 Å². The van der Waals surface area contributed by atoms with E-state index < -0.39 is 6.10 Å². The van der Waals surface area contributed by atoms with Crippen molar-refractivity contribution in [1.29, 1.82) is 0 Å². The number of ether oxygens (including phenoxy) is 2. The zero-order valence-corrected chi connectivity index (χ0v) is 12.2. The molecule has 2 aromatic rings. The number of nitrogens with one attached hydrogen (secondary N) is 2. The van der Waals surface area contributed by atoms with Gasteiger partial charge in [-0.1, -0.05) is 12.1 Å². The molecule has 0 aliphatic carbocycles. The minimum atomic E-state index is -0.660. The van der Waals surface area contributed by atoms with Crippen molar-refractivity contribution in [1.82, 2.24) is 15.2 Å². The number of benzene rings is 1. The Hall–Kier alpha value is -2.57. The standard InChI is InChI=1S/C14H18N4O3/c1-4-20-14-16-13(17-18-14)15-12(19)10(3)21-11-7-5-6-9(2)8-11/h5-8,10H,4H2,1-3H3,(H2,15,16,17,18,19). The maximum atomic E-state index is 12.0. The number of H-pyrrole nitrogens is 1. The van der Waals surface area contributed by atoms with Gasteiger partial charge in [0.2, 0.25) is 5.95 Å². The topological polar surface area (TPSA) is 89.1 Å². The molecule has 0 aliphatic heterocycles. The van der Waals surface area contributed by atoms with Crippen LogP contribution in [0.15, 0.2) is 24.3 Å². The van der Waals surface area contributed by atoms with E-state index in [-0.39, 0.29) is 17.9 Å². The Morgan fingerprint density at radius 2 is 2.29 bits per heavy atom. The second-order valence-corrected chi connectivity index (χ2v) is 4.47. The average Bonchev–Trinajstić information content (AvgIpc) is 2.86. The second-order valence-electron chi connectivity index (χ2n) is 4.47. The van der Waals surface area contributed by atoms with Crippen LogP contribution in [0, 0.1) is 6.92 Å². The number of carbonyl (C=O) groups is 1. The predicted octanol–water partition coefficient (Wildman–Crippen LogP) is 1.92. The number of hydrogen-bond donors (Lipinski definition) is 2. The Morgan fingerprint density at radius 3 is 3.00 bits per heavy atom. The highest BCUT2D eigenvalue weighted by atomic mass is 16.5. The van der Waals surface area contributed by atoms with E-state index in [1.54, 1.807) is 13.0 Å². The van der Waals surface area contributed by atoms with E-state index in [4.69, 9.17) is 9.47 Å². The van der Waals surface area contributed by atoms with Crippen LogP contribution in [0.4, 0.5) is 5.95 Å². The summed E-state index contributed by atoms with van der Waals surface area (Å²) in [5.41, 5.74) is 1.07. The van der Waals surface area contributed by atoms with E-state index >= 15 is 0 Å². The third-order valence-electron chi connectivity index (χ3n) is 2.65. The van der Waals surface area contributed by atoms with Gasteiger partial charge in [-0.15, -0.1) is 5.10 Å². The molecule has 1 atom stereocenters. The maximum absolute atomic E-state index is 12.0. The van der Waals surface area contributed by atoms with Crippen LogP contribution in [0.25, 0.3) is 0 Å². The Labute approximate surface area is 122 Å². The van der Waals surface area contributed by atoms with Crippen molar-refractivity contribution in [2.24, 2.45) is 0 Å². The molecule has 2 N–H and O–H groups in total. The first-order valence-corrected chi connectivity index (χ1v) is 6.68. The molecule has 0 spiro atoms. The van der Waals surface area contributed by atoms with Gasteiger partial charge >= 0.3 is 6.01 Å². The van der Waals surface area contributed by atoms with Crippen LogP contribution in [0.3, 0.4) is 0 Å². The smallest absolute Gasteiger partial charge is 0.337 e. The lowest BCUT2D eigenvalue weighted by atomic mass is 10.2. The number of hydrogen-bond acceptors (Lipinski definition) is 5. The van der Waals surface area contributed by atoms with Gasteiger partial charge in [-0.05, 0) is 38.5 Å². The molecule has 112 valence electrons. The van der Waals surface area contributed by atoms with Gasteiger partial charge in [-0.3, -0.25) is 10.1 Å². The fraction of sp³-hybridized carbons (Fsp3) is 0.357. The molecular weight excluding hydrogens is 272 g/mol. The van der Waals surface area contributed by atoms with Crippen molar-refractivity contribution in [3.63, 3.8) is 0 Å². The minimum absolute atomic E-state index is 0.194. The zero-order chi connectivity index (χ0) is 15.2. The van der Waals surface area contributed by atoms with Crippen molar-refractivity contribution in [3.8, 4) is 11.8 Å². The van der Waals surface area contributed by atoms with Gasteiger partial charge in [0.1, 0.15) is 5.75 Å². The molecule has 7 nitrogen and oxygen atoms in total. The van der Waals surface area contributed by atoms with Gasteiger partial charge in [-0.2, -0.15) is 4.98 Å². The zero-order valence-electron chi connectivity index (χ0n) is 12.2.